The van der Waals surface area contributed by atoms with Gasteiger partial charge in [-0.3, -0.25) is 14.9 Å². The quantitative estimate of drug-likeness (QED) is 0.604. The second-order valence-corrected chi connectivity index (χ2v) is 7.33. The van der Waals surface area contributed by atoms with Crippen LogP contribution >= 0.6 is 11.6 Å². The minimum Gasteiger partial charge on any atom is -0.495 e. The largest absolute Gasteiger partial charge is 0.495 e. The zero-order valence-electron chi connectivity index (χ0n) is 12.9. The highest BCUT2D eigenvalue weighted by molar-refractivity contribution is 7.92. The number of methoxy groups -OCH3 is 1. The van der Waals surface area contributed by atoms with E-state index < -0.39 is 26.4 Å². The Hall–Kier alpha value is -2.65. The van der Waals surface area contributed by atoms with Crippen LogP contribution in [0.1, 0.15) is 0 Å². The first kappa shape index (κ1) is 18.7. The number of ether oxygens (including phenoxy) is 1. The molecule has 2 aromatic carbocycles. The Kier molecular flexibility index (Phi) is 5.60. The maximum absolute atomic E-state index is 12.2. The summed E-state index contributed by atoms with van der Waals surface area (Å²) < 4.78 is 29.5. The molecule has 10 heteroatoms. The van der Waals surface area contributed by atoms with Crippen LogP contribution in [-0.2, 0) is 14.6 Å². The third-order valence-electron chi connectivity index (χ3n) is 3.16. The highest BCUT2D eigenvalue weighted by Gasteiger charge is 2.21. The zero-order valence-corrected chi connectivity index (χ0v) is 14.5. The molecule has 0 aromatic heterocycles. The van der Waals surface area contributed by atoms with E-state index in [4.69, 9.17) is 16.3 Å². The molecule has 1 N–H and O–H groups in total. The monoisotopic (exact) mass is 384 g/mol. The van der Waals surface area contributed by atoms with Crippen LogP contribution in [0.4, 0.5) is 11.4 Å². The zero-order chi connectivity index (χ0) is 18.6. The summed E-state index contributed by atoms with van der Waals surface area (Å²) in [4.78, 5) is 22.2. The third kappa shape index (κ3) is 4.68. The number of benzene rings is 2. The van der Waals surface area contributed by atoms with E-state index in [9.17, 15) is 23.3 Å². The standard InChI is InChI=1S/C15H13ClN2O6S/c1-24-14-7-4-11(18(20)21)8-13(14)17-15(19)9-25(22,23)12-5-2-10(16)3-6-12/h2-8H,9H2,1H3,(H,17,19). The number of halogens is 1. The molecule has 2 rings (SSSR count). The molecule has 0 atom stereocenters. The fourth-order valence-corrected chi connectivity index (χ4v) is 3.25. The molecule has 0 fully saturated rings. The van der Waals surface area contributed by atoms with E-state index in [2.05, 4.69) is 5.32 Å². The summed E-state index contributed by atoms with van der Waals surface area (Å²) >= 11 is 5.71. The first-order valence-electron chi connectivity index (χ1n) is 6.83. The third-order valence-corrected chi connectivity index (χ3v) is 5.05. The van der Waals surface area contributed by atoms with Crippen LogP contribution in [0.3, 0.4) is 0 Å². The van der Waals surface area contributed by atoms with E-state index in [0.717, 1.165) is 6.07 Å². The van der Waals surface area contributed by atoms with Crippen molar-refractivity contribution in [3.05, 3.63) is 57.6 Å². The number of amides is 1. The summed E-state index contributed by atoms with van der Waals surface area (Å²) in [7, 11) is -2.57. The van der Waals surface area contributed by atoms with Crippen LogP contribution in [0.5, 0.6) is 5.75 Å². The average molecular weight is 385 g/mol. The predicted octanol–water partition coefficient (Wildman–Crippen LogP) is 2.67. The maximum atomic E-state index is 12.2. The number of rotatable bonds is 6. The lowest BCUT2D eigenvalue weighted by Crippen LogP contribution is -2.23. The summed E-state index contributed by atoms with van der Waals surface area (Å²) in [5.41, 5.74) is -0.260. The molecule has 0 aliphatic carbocycles. The van der Waals surface area contributed by atoms with E-state index in [-0.39, 0.29) is 22.0 Å². The summed E-state index contributed by atoms with van der Waals surface area (Å²) in [6.45, 7) is 0. The Morgan fingerprint density at radius 3 is 2.44 bits per heavy atom. The first-order chi connectivity index (χ1) is 11.7. The van der Waals surface area contributed by atoms with Crippen molar-refractivity contribution in [1.82, 2.24) is 0 Å². The van der Waals surface area contributed by atoms with Crippen LogP contribution in [0.25, 0.3) is 0 Å². The molecule has 8 nitrogen and oxygen atoms in total. The number of sulfone groups is 1. The van der Waals surface area contributed by atoms with Crippen LogP contribution in [-0.4, -0.2) is 32.1 Å². The summed E-state index contributed by atoms with van der Waals surface area (Å²) in [5.74, 6) is -1.52. The number of nitrogens with zero attached hydrogens (tertiary/aromatic N) is 1. The van der Waals surface area contributed by atoms with Crippen LogP contribution in [0.15, 0.2) is 47.4 Å². The highest BCUT2D eigenvalue weighted by Crippen LogP contribution is 2.29. The number of anilines is 1. The van der Waals surface area contributed by atoms with Gasteiger partial charge >= 0.3 is 0 Å². The number of nitro benzene ring substituents is 1. The van der Waals surface area contributed by atoms with Gasteiger partial charge in [0.05, 0.1) is 22.6 Å². The second-order valence-electron chi connectivity index (χ2n) is 4.90. The number of carbonyl (C=O) groups is 1. The minimum atomic E-state index is -3.89. The van der Waals surface area contributed by atoms with Gasteiger partial charge in [0.1, 0.15) is 11.5 Å². The summed E-state index contributed by atoms with van der Waals surface area (Å²) in [6.07, 6.45) is 0. The predicted molar refractivity (Wildman–Crippen MR) is 91.8 cm³/mol. The van der Waals surface area contributed by atoms with Gasteiger partial charge in [0.2, 0.25) is 5.91 Å². The number of nitro groups is 1. The van der Waals surface area contributed by atoms with Crippen LogP contribution < -0.4 is 10.1 Å². The summed E-state index contributed by atoms with van der Waals surface area (Å²) in [5, 5.41) is 13.5. The van der Waals surface area contributed by atoms with E-state index in [1.165, 1.54) is 43.5 Å². The van der Waals surface area contributed by atoms with Gasteiger partial charge in [0.15, 0.2) is 9.84 Å². The number of non-ortho nitro benzene ring substituents is 1. The Morgan fingerprint density at radius 2 is 1.88 bits per heavy atom. The smallest absolute Gasteiger partial charge is 0.271 e. The van der Waals surface area contributed by atoms with E-state index in [1.54, 1.807) is 0 Å². The molecular formula is C15H13ClN2O6S. The van der Waals surface area contributed by atoms with Crippen LogP contribution in [0, 0.1) is 10.1 Å². The normalized spacial score (nSPS) is 11.0. The van der Waals surface area contributed by atoms with Gasteiger partial charge in [-0.05, 0) is 30.3 Å². The Bertz CT molecular complexity index is 912. The average Bonchev–Trinajstić information content (AvgIpc) is 2.54. The van der Waals surface area contributed by atoms with Gasteiger partial charge in [-0.1, -0.05) is 11.6 Å². The molecule has 0 heterocycles. The Morgan fingerprint density at radius 1 is 1.24 bits per heavy atom. The van der Waals surface area contributed by atoms with Gasteiger partial charge in [0.25, 0.3) is 5.69 Å². The number of carbonyl (C=O) groups excluding carboxylic acids is 1. The molecule has 1 amide bonds. The molecule has 0 radical (unpaired) electrons. The Balaban J connectivity index is 2.21. The van der Waals surface area contributed by atoms with Crippen molar-refractivity contribution in [1.29, 1.82) is 0 Å². The molecule has 0 aliphatic rings. The summed E-state index contributed by atoms with van der Waals surface area (Å²) in [6, 6.07) is 8.98. The molecule has 2 aromatic rings. The maximum Gasteiger partial charge on any atom is 0.271 e. The molecule has 0 bridgehead atoms. The molecule has 25 heavy (non-hydrogen) atoms. The topological polar surface area (TPSA) is 116 Å². The lowest BCUT2D eigenvalue weighted by atomic mass is 10.2. The lowest BCUT2D eigenvalue weighted by Gasteiger charge is -2.10. The fourth-order valence-electron chi connectivity index (χ4n) is 1.99. The van der Waals surface area contributed by atoms with Crippen molar-refractivity contribution in [2.45, 2.75) is 4.90 Å². The number of hydrogen-bond acceptors (Lipinski definition) is 6. The van der Waals surface area contributed by atoms with Crippen molar-refractivity contribution in [3.8, 4) is 5.75 Å². The van der Waals surface area contributed by atoms with Gasteiger partial charge in [-0.15, -0.1) is 0 Å². The van der Waals surface area contributed by atoms with Gasteiger partial charge < -0.3 is 10.1 Å². The minimum absolute atomic E-state index is 0.00741. The van der Waals surface area contributed by atoms with Crippen LogP contribution in [0.2, 0.25) is 5.02 Å². The number of nitrogens with one attached hydrogen (secondary N) is 1. The van der Waals surface area contributed by atoms with Crippen molar-refractivity contribution >= 4 is 38.7 Å². The second kappa shape index (κ2) is 7.49. The van der Waals surface area contributed by atoms with Gasteiger partial charge in [-0.2, -0.15) is 0 Å². The van der Waals surface area contributed by atoms with E-state index >= 15 is 0 Å². The SMILES string of the molecule is COc1ccc([N+](=O)[O-])cc1NC(=O)CS(=O)(=O)c1ccc(Cl)cc1. The van der Waals surface area contributed by atoms with Crippen molar-refractivity contribution in [2.24, 2.45) is 0 Å². The van der Waals surface area contributed by atoms with E-state index in [0.29, 0.717) is 5.02 Å². The molecule has 132 valence electrons. The lowest BCUT2D eigenvalue weighted by molar-refractivity contribution is -0.384. The first-order valence-corrected chi connectivity index (χ1v) is 8.86. The van der Waals surface area contributed by atoms with Crippen molar-refractivity contribution in [2.75, 3.05) is 18.2 Å². The van der Waals surface area contributed by atoms with Crippen molar-refractivity contribution in [3.63, 3.8) is 0 Å². The van der Waals surface area contributed by atoms with Gasteiger partial charge in [-0.25, -0.2) is 8.42 Å². The van der Waals surface area contributed by atoms with E-state index in [1.807, 2.05) is 0 Å². The molecule has 0 saturated heterocycles. The molecular weight excluding hydrogens is 372 g/mol. The molecule has 0 aliphatic heterocycles. The molecule has 0 unspecified atom stereocenters. The number of hydrogen-bond donors (Lipinski definition) is 1. The Labute approximate surface area is 148 Å². The van der Waals surface area contributed by atoms with Crippen molar-refractivity contribution < 1.29 is 22.9 Å². The highest BCUT2D eigenvalue weighted by atomic mass is 35.5. The fraction of sp³-hybridized carbons (Fsp3) is 0.133. The van der Waals surface area contributed by atoms with Gasteiger partial charge in [0, 0.05) is 17.2 Å². The molecule has 0 spiro atoms. The molecule has 0 saturated carbocycles.